The first-order valence-electron chi connectivity index (χ1n) is 14.9. The molecule has 47 heavy (non-hydrogen) atoms. The van der Waals surface area contributed by atoms with Crippen molar-refractivity contribution in [3.8, 4) is 22.8 Å². The number of aromatic nitrogens is 6. The Hall–Kier alpha value is -4.92. The van der Waals surface area contributed by atoms with Crippen LogP contribution in [0.3, 0.4) is 0 Å². The van der Waals surface area contributed by atoms with Gasteiger partial charge in [-0.25, -0.2) is 9.03 Å². The molecule has 4 heterocycles. The summed E-state index contributed by atoms with van der Waals surface area (Å²) in [5, 5.41) is 42.8. The molecule has 0 saturated carbocycles. The van der Waals surface area contributed by atoms with E-state index in [2.05, 4.69) is 20.2 Å². The minimum Gasteiger partial charge on any atom is -0.394 e. The Kier molecular flexibility index (Phi) is 11.2. The quantitative estimate of drug-likeness (QED) is 0.145. The van der Waals surface area contributed by atoms with Crippen LogP contribution in [0.5, 0.6) is 0 Å². The van der Waals surface area contributed by atoms with Gasteiger partial charge in [-0.2, -0.15) is 0 Å². The van der Waals surface area contributed by atoms with Gasteiger partial charge in [0, 0.05) is 23.5 Å². The molecule has 0 aliphatic rings. The lowest BCUT2D eigenvalue weighted by Gasteiger charge is -2.25. The van der Waals surface area contributed by atoms with Crippen molar-refractivity contribution in [1.29, 1.82) is 0 Å². The van der Waals surface area contributed by atoms with Crippen LogP contribution in [0, 0.1) is 0 Å². The number of hydrogen-bond donors (Lipinski definition) is 6. The van der Waals surface area contributed by atoms with Crippen molar-refractivity contribution in [2.24, 2.45) is 0 Å². The summed E-state index contributed by atoms with van der Waals surface area (Å²) >= 11 is 0. The standard InChI is InChI=1S/C17H19N3O3.C15H15N3O2.C2H6O2/c1-17(2,23-11-10-21)13-7-5-12(6-8-13)15-18-16(22)14-4-3-9-20(14)19-15;1-15(2,20)11-7-5-10(6-8-11)13-16-14(19)12-4-3-9-18(12)17-13;3-1-2-4/h3-9,21H,10-11H2,1-2H3,(H,18,19,22);3-9,20H,1-2H3,(H,16,17,19);3-4H,1-2H2. The highest BCUT2D eigenvalue weighted by atomic mass is 16.5. The highest BCUT2D eigenvalue weighted by Crippen LogP contribution is 2.26. The van der Waals surface area contributed by atoms with Gasteiger partial charge in [0.25, 0.3) is 11.1 Å². The van der Waals surface area contributed by atoms with Gasteiger partial charge in [0.05, 0.1) is 37.6 Å². The number of benzene rings is 2. The summed E-state index contributed by atoms with van der Waals surface area (Å²) in [7, 11) is 0. The van der Waals surface area contributed by atoms with E-state index in [-0.39, 0.29) is 37.5 Å². The number of aromatic amines is 2. The average Bonchev–Trinajstić information content (AvgIpc) is 3.75. The Morgan fingerprint density at radius 2 is 1.09 bits per heavy atom. The molecule has 4 aromatic heterocycles. The molecule has 0 radical (unpaired) electrons. The first-order chi connectivity index (χ1) is 22.4. The summed E-state index contributed by atoms with van der Waals surface area (Å²) in [6.45, 7) is 7.38. The lowest BCUT2D eigenvalue weighted by atomic mass is 9.97. The van der Waals surface area contributed by atoms with Crippen molar-refractivity contribution in [1.82, 2.24) is 29.2 Å². The van der Waals surface area contributed by atoms with Crippen LogP contribution in [0.1, 0.15) is 38.8 Å². The molecule has 0 fully saturated rings. The average molecular weight is 645 g/mol. The molecule has 0 aliphatic carbocycles. The van der Waals surface area contributed by atoms with Crippen LogP contribution in [-0.4, -0.2) is 76.0 Å². The molecule has 0 bridgehead atoms. The maximum absolute atomic E-state index is 12.0. The number of aliphatic hydroxyl groups is 4. The van der Waals surface area contributed by atoms with E-state index in [4.69, 9.17) is 20.1 Å². The number of H-pyrrole nitrogens is 2. The molecule has 0 spiro atoms. The fourth-order valence-electron chi connectivity index (χ4n) is 4.60. The molecule has 0 amide bonds. The highest BCUT2D eigenvalue weighted by Gasteiger charge is 2.21. The minimum atomic E-state index is -0.885. The molecule has 2 aromatic carbocycles. The van der Waals surface area contributed by atoms with Crippen LogP contribution in [0.4, 0.5) is 0 Å². The SMILES string of the molecule is CC(C)(O)c1ccc(-c2nn3cccc3c(=O)[nH]2)cc1.CC(C)(OCCO)c1ccc(-c2nn3cccc3c(=O)[nH]2)cc1.OCCO. The van der Waals surface area contributed by atoms with Crippen molar-refractivity contribution in [3.63, 3.8) is 0 Å². The summed E-state index contributed by atoms with van der Waals surface area (Å²) in [4.78, 5) is 29.5. The Bertz CT molecular complexity index is 2000. The number of rotatable bonds is 8. The van der Waals surface area contributed by atoms with Crippen LogP contribution >= 0.6 is 0 Å². The zero-order chi connectivity index (χ0) is 34.2. The Morgan fingerprint density at radius 1 is 0.660 bits per heavy atom. The van der Waals surface area contributed by atoms with Crippen LogP contribution in [0.15, 0.2) is 94.8 Å². The van der Waals surface area contributed by atoms with Crippen molar-refractivity contribution < 1.29 is 25.2 Å². The second-order valence-corrected chi connectivity index (χ2v) is 11.5. The lowest BCUT2D eigenvalue weighted by Crippen LogP contribution is -2.23. The smallest absolute Gasteiger partial charge is 0.275 e. The molecule has 0 aliphatic heterocycles. The Morgan fingerprint density at radius 3 is 1.47 bits per heavy atom. The van der Waals surface area contributed by atoms with E-state index in [0.29, 0.717) is 22.7 Å². The number of nitrogens with zero attached hydrogens (tertiary/aromatic N) is 4. The molecule has 0 atom stereocenters. The fourth-order valence-corrected chi connectivity index (χ4v) is 4.60. The summed E-state index contributed by atoms with van der Waals surface area (Å²) in [5.74, 6) is 1.01. The fraction of sp³-hybridized carbons (Fsp3) is 0.294. The zero-order valence-electron chi connectivity index (χ0n) is 26.7. The van der Waals surface area contributed by atoms with Crippen LogP contribution in [-0.2, 0) is 15.9 Å². The number of hydrogen-bond acceptors (Lipinski definition) is 9. The highest BCUT2D eigenvalue weighted by molar-refractivity contribution is 5.58. The van der Waals surface area contributed by atoms with Gasteiger partial charge >= 0.3 is 0 Å². The Balaban J connectivity index is 0.000000193. The van der Waals surface area contributed by atoms with E-state index < -0.39 is 11.2 Å². The van der Waals surface area contributed by atoms with Crippen LogP contribution in [0.25, 0.3) is 33.8 Å². The molecular formula is C34H40N6O7. The largest absolute Gasteiger partial charge is 0.394 e. The predicted molar refractivity (Wildman–Crippen MR) is 178 cm³/mol. The third-order valence-electron chi connectivity index (χ3n) is 7.17. The summed E-state index contributed by atoms with van der Waals surface area (Å²) in [6, 6.07) is 22.0. The lowest BCUT2D eigenvalue weighted by molar-refractivity contribution is -0.0369. The van der Waals surface area contributed by atoms with Gasteiger partial charge in [0.15, 0.2) is 11.6 Å². The molecule has 6 rings (SSSR count). The van der Waals surface area contributed by atoms with E-state index in [9.17, 15) is 14.7 Å². The summed E-state index contributed by atoms with van der Waals surface area (Å²) in [5.41, 5.74) is 2.72. The van der Waals surface area contributed by atoms with Crippen LogP contribution < -0.4 is 11.1 Å². The van der Waals surface area contributed by atoms with Crippen molar-refractivity contribution >= 4 is 11.0 Å². The summed E-state index contributed by atoms with van der Waals surface area (Å²) < 4.78 is 8.77. The number of fused-ring (bicyclic) bond motifs is 2. The molecule has 248 valence electrons. The second-order valence-electron chi connectivity index (χ2n) is 11.5. The van der Waals surface area contributed by atoms with Gasteiger partial charge in [-0.15, -0.1) is 10.2 Å². The van der Waals surface area contributed by atoms with Gasteiger partial charge in [0.1, 0.15) is 11.0 Å². The van der Waals surface area contributed by atoms with Gasteiger partial charge in [0.2, 0.25) is 0 Å². The van der Waals surface area contributed by atoms with Crippen molar-refractivity contribution in [3.05, 3.63) is 117 Å². The second kappa shape index (κ2) is 15.1. The first kappa shape index (κ1) is 34.9. The van der Waals surface area contributed by atoms with Gasteiger partial charge in [-0.05, 0) is 63.1 Å². The van der Waals surface area contributed by atoms with Crippen molar-refractivity contribution in [2.45, 2.75) is 38.9 Å². The maximum atomic E-state index is 12.0. The molecule has 0 saturated heterocycles. The van der Waals surface area contributed by atoms with Gasteiger partial charge in [-0.3, -0.25) is 9.59 Å². The molecule has 13 nitrogen and oxygen atoms in total. The van der Waals surface area contributed by atoms with E-state index >= 15 is 0 Å². The van der Waals surface area contributed by atoms with Gasteiger partial charge in [-0.1, -0.05) is 48.5 Å². The Labute approximate surface area is 270 Å². The van der Waals surface area contributed by atoms with Crippen molar-refractivity contribution in [2.75, 3.05) is 26.4 Å². The molecule has 6 N–H and O–H groups in total. The molecule has 0 unspecified atom stereocenters. The maximum Gasteiger partial charge on any atom is 0.275 e. The number of ether oxygens (including phenoxy) is 1. The van der Waals surface area contributed by atoms with E-state index in [1.54, 1.807) is 59.5 Å². The number of aliphatic hydroxyl groups excluding tert-OH is 3. The molecule has 6 aromatic rings. The van der Waals surface area contributed by atoms with E-state index in [1.807, 2.05) is 62.4 Å². The van der Waals surface area contributed by atoms with E-state index in [1.165, 1.54) is 0 Å². The third kappa shape index (κ3) is 8.67. The zero-order valence-corrected chi connectivity index (χ0v) is 26.7. The monoisotopic (exact) mass is 644 g/mol. The third-order valence-corrected chi connectivity index (χ3v) is 7.17. The first-order valence-corrected chi connectivity index (χ1v) is 14.9. The van der Waals surface area contributed by atoms with Crippen LogP contribution in [0.2, 0.25) is 0 Å². The minimum absolute atomic E-state index is 0.0104. The molecule has 13 heteroatoms. The summed E-state index contributed by atoms with van der Waals surface area (Å²) in [6.07, 6.45) is 3.48. The van der Waals surface area contributed by atoms with E-state index in [0.717, 1.165) is 22.3 Å². The van der Waals surface area contributed by atoms with Gasteiger partial charge < -0.3 is 35.1 Å². The normalized spacial score (nSPS) is 11.6. The number of nitrogens with one attached hydrogen (secondary N) is 2. The molecular weight excluding hydrogens is 604 g/mol. The predicted octanol–water partition coefficient (Wildman–Crippen LogP) is 2.82. The topological polar surface area (TPSA) is 190 Å².